The Kier molecular flexibility index (Phi) is 6.30. The van der Waals surface area contributed by atoms with Gasteiger partial charge in [-0.2, -0.15) is 5.10 Å². The molecule has 152 valence electrons. The number of hydrogen-bond donors (Lipinski definition) is 3. The number of carboxylic acids is 1. The molecule has 3 rings (SSSR count). The SMILES string of the molecule is NS(=O)(=O)c1ccc(N/N=C(/N=Nc2ccccc2C(=O)O)c2ccccc2)cc1. The van der Waals surface area contributed by atoms with Crippen LogP contribution in [0, 0.1) is 0 Å². The lowest BCUT2D eigenvalue weighted by Gasteiger charge is -2.05. The predicted octanol–water partition coefficient (Wildman–Crippen LogP) is 3.59. The van der Waals surface area contributed by atoms with E-state index in [-0.39, 0.29) is 22.0 Å². The van der Waals surface area contributed by atoms with E-state index in [4.69, 9.17) is 5.14 Å². The minimum atomic E-state index is -3.79. The van der Waals surface area contributed by atoms with Crippen LogP contribution in [0.3, 0.4) is 0 Å². The van der Waals surface area contributed by atoms with Crippen molar-refractivity contribution in [1.29, 1.82) is 0 Å². The molecule has 0 heterocycles. The average Bonchev–Trinajstić information content (AvgIpc) is 2.74. The molecular weight excluding hydrogens is 406 g/mol. The van der Waals surface area contributed by atoms with Gasteiger partial charge in [0.15, 0.2) is 0 Å². The van der Waals surface area contributed by atoms with Gasteiger partial charge in [0.1, 0.15) is 5.69 Å². The fourth-order valence-electron chi connectivity index (χ4n) is 2.41. The first-order valence-corrected chi connectivity index (χ1v) is 10.2. The lowest BCUT2D eigenvalue weighted by molar-refractivity contribution is 0.0697. The predicted molar refractivity (Wildman–Crippen MR) is 112 cm³/mol. The molecule has 0 aliphatic rings. The number of carbonyl (C=O) groups is 1. The maximum Gasteiger partial charge on any atom is 0.337 e. The zero-order valence-electron chi connectivity index (χ0n) is 15.5. The molecule has 0 unspecified atom stereocenters. The number of azo groups is 1. The summed E-state index contributed by atoms with van der Waals surface area (Å²) in [5.41, 5.74) is 4.12. The molecule has 0 saturated carbocycles. The molecule has 10 heteroatoms. The van der Waals surface area contributed by atoms with Gasteiger partial charge in [-0.05, 0) is 36.4 Å². The topological polar surface area (TPSA) is 147 Å². The quantitative estimate of drug-likeness (QED) is 0.240. The van der Waals surface area contributed by atoms with Gasteiger partial charge in [-0.25, -0.2) is 18.4 Å². The van der Waals surface area contributed by atoms with Gasteiger partial charge in [-0.3, -0.25) is 5.43 Å². The molecule has 0 spiro atoms. The molecule has 30 heavy (non-hydrogen) atoms. The van der Waals surface area contributed by atoms with Crippen molar-refractivity contribution in [2.75, 3.05) is 5.43 Å². The second-order valence-corrected chi connectivity index (χ2v) is 7.57. The Labute approximate surface area is 172 Å². The number of nitrogens with zero attached hydrogens (tertiary/aromatic N) is 3. The molecule has 0 saturated heterocycles. The van der Waals surface area contributed by atoms with Crippen molar-refractivity contribution in [2.24, 2.45) is 20.5 Å². The Morgan fingerprint density at radius 1 is 0.900 bits per heavy atom. The van der Waals surface area contributed by atoms with Crippen LogP contribution in [0.25, 0.3) is 0 Å². The van der Waals surface area contributed by atoms with Gasteiger partial charge in [0, 0.05) is 5.56 Å². The van der Waals surface area contributed by atoms with E-state index in [2.05, 4.69) is 20.8 Å². The smallest absolute Gasteiger partial charge is 0.337 e. The van der Waals surface area contributed by atoms with E-state index in [1.165, 1.54) is 36.4 Å². The number of hydrogen-bond acceptors (Lipinski definition) is 6. The standard InChI is InChI=1S/C20H17N5O4S/c21-30(28,29)16-12-10-15(11-13-16)22-24-19(14-6-2-1-3-7-14)25-23-18-9-5-4-8-17(18)20(26)27/h1-13,22H,(H,26,27)(H2,21,28,29)/b24-19+,25-23?. The molecule has 0 atom stereocenters. The van der Waals surface area contributed by atoms with Crippen LogP contribution < -0.4 is 10.6 Å². The van der Waals surface area contributed by atoms with Gasteiger partial charge in [0.05, 0.1) is 16.1 Å². The highest BCUT2D eigenvalue weighted by molar-refractivity contribution is 7.89. The lowest BCUT2D eigenvalue weighted by atomic mass is 10.2. The molecule has 0 bridgehead atoms. The molecule has 0 aliphatic carbocycles. The van der Waals surface area contributed by atoms with E-state index in [0.29, 0.717) is 11.3 Å². The molecule has 0 radical (unpaired) electrons. The van der Waals surface area contributed by atoms with Crippen molar-refractivity contribution in [3.63, 3.8) is 0 Å². The summed E-state index contributed by atoms with van der Waals surface area (Å²) in [6, 6.07) is 20.9. The van der Waals surface area contributed by atoms with Gasteiger partial charge in [-0.1, -0.05) is 42.5 Å². The summed E-state index contributed by atoms with van der Waals surface area (Å²) in [5.74, 6) is -0.915. The zero-order valence-corrected chi connectivity index (χ0v) is 16.3. The number of amidine groups is 1. The molecule has 9 nitrogen and oxygen atoms in total. The summed E-state index contributed by atoms with van der Waals surface area (Å²) in [6.45, 7) is 0. The van der Waals surface area contributed by atoms with Gasteiger partial charge < -0.3 is 5.11 Å². The van der Waals surface area contributed by atoms with E-state index >= 15 is 0 Å². The Bertz CT molecular complexity index is 1210. The van der Waals surface area contributed by atoms with Crippen LogP contribution in [0.1, 0.15) is 15.9 Å². The number of nitrogens with one attached hydrogen (secondary N) is 1. The fourth-order valence-corrected chi connectivity index (χ4v) is 2.93. The monoisotopic (exact) mass is 423 g/mol. The largest absolute Gasteiger partial charge is 0.478 e. The summed E-state index contributed by atoms with van der Waals surface area (Å²) in [4.78, 5) is 11.3. The Morgan fingerprint density at radius 2 is 1.53 bits per heavy atom. The third-order valence-electron chi connectivity index (χ3n) is 3.89. The fraction of sp³-hybridized carbons (Fsp3) is 0. The molecule has 3 aromatic carbocycles. The third-order valence-corrected chi connectivity index (χ3v) is 4.82. The minimum Gasteiger partial charge on any atom is -0.478 e. The van der Waals surface area contributed by atoms with E-state index in [0.717, 1.165) is 0 Å². The van der Waals surface area contributed by atoms with Gasteiger partial charge in [-0.15, -0.1) is 10.2 Å². The van der Waals surface area contributed by atoms with Crippen LogP contribution in [0.5, 0.6) is 0 Å². The zero-order chi connectivity index (χ0) is 21.6. The number of benzene rings is 3. The minimum absolute atomic E-state index is 0.0141. The first-order valence-electron chi connectivity index (χ1n) is 8.60. The molecule has 3 aromatic rings. The average molecular weight is 423 g/mol. The molecule has 0 aliphatic heterocycles. The van der Waals surface area contributed by atoms with Crippen molar-refractivity contribution in [3.05, 3.63) is 90.0 Å². The second-order valence-electron chi connectivity index (χ2n) is 6.00. The maximum absolute atomic E-state index is 11.4. The highest BCUT2D eigenvalue weighted by Gasteiger charge is 2.10. The van der Waals surface area contributed by atoms with Gasteiger partial charge >= 0.3 is 5.97 Å². The number of aromatic carboxylic acids is 1. The van der Waals surface area contributed by atoms with E-state index in [1.54, 1.807) is 36.4 Å². The summed E-state index contributed by atoms with van der Waals surface area (Å²) in [7, 11) is -3.79. The van der Waals surface area contributed by atoms with Crippen molar-refractivity contribution < 1.29 is 18.3 Å². The van der Waals surface area contributed by atoms with Crippen LogP contribution in [0.4, 0.5) is 11.4 Å². The number of hydrazone groups is 1. The van der Waals surface area contributed by atoms with Crippen LogP contribution in [-0.2, 0) is 10.0 Å². The van der Waals surface area contributed by atoms with E-state index < -0.39 is 16.0 Å². The van der Waals surface area contributed by atoms with Crippen molar-refractivity contribution in [3.8, 4) is 0 Å². The Hall–Kier alpha value is -3.89. The van der Waals surface area contributed by atoms with Gasteiger partial charge in [0.25, 0.3) is 0 Å². The van der Waals surface area contributed by atoms with Crippen LogP contribution in [0.15, 0.2) is 99.1 Å². The van der Waals surface area contributed by atoms with Gasteiger partial charge in [0.2, 0.25) is 15.9 Å². The van der Waals surface area contributed by atoms with Crippen molar-refractivity contribution >= 4 is 33.2 Å². The number of nitrogens with two attached hydrogens (primary N) is 1. The van der Waals surface area contributed by atoms with Crippen LogP contribution in [0.2, 0.25) is 0 Å². The first kappa shape index (κ1) is 20.8. The van der Waals surface area contributed by atoms with E-state index in [1.807, 2.05) is 6.07 Å². The Morgan fingerprint density at radius 3 is 2.17 bits per heavy atom. The number of primary sulfonamides is 1. The highest BCUT2D eigenvalue weighted by atomic mass is 32.2. The maximum atomic E-state index is 11.4. The lowest BCUT2D eigenvalue weighted by Crippen LogP contribution is -2.11. The second kappa shape index (κ2) is 9.07. The third kappa shape index (κ3) is 5.34. The summed E-state index contributed by atoms with van der Waals surface area (Å²) >= 11 is 0. The summed E-state index contributed by atoms with van der Waals surface area (Å²) in [5, 5.41) is 26.7. The van der Waals surface area contributed by atoms with Crippen molar-refractivity contribution in [2.45, 2.75) is 4.90 Å². The molecule has 0 aromatic heterocycles. The summed E-state index contributed by atoms with van der Waals surface area (Å²) < 4.78 is 22.7. The van der Waals surface area contributed by atoms with Crippen molar-refractivity contribution in [1.82, 2.24) is 0 Å². The molecule has 0 amide bonds. The number of carboxylic acid groups (broad SMARTS) is 1. The first-order chi connectivity index (χ1) is 14.3. The highest BCUT2D eigenvalue weighted by Crippen LogP contribution is 2.20. The molecule has 0 fully saturated rings. The van der Waals surface area contributed by atoms with E-state index in [9.17, 15) is 18.3 Å². The van der Waals surface area contributed by atoms with Crippen LogP contribution in [-0.4, -0.2) is 25.3 Å². The summed E-state index contributed by atoms with van der Waals surface area (Å²) in [6.07, 6.45) is 0. The number of rotatable bonds is 6. The Balaban J connectivity index is 1.91. The van der Waals surface area contributed by atoms with Crippen LogP contribution >= 0.6 is 0 Å². The normalized spacial score (nSPS) is 12.1. The molecule has 4 N–H and O–H groups in total. The molecular formula is C20H17N5O4S. The number of anilines is 1. The number of sulfonamides is 1.